The topological polar surface area (TPSA) is 18.5 Å². The van der Waals surface area contributed by atoms with Crippen molar-refractivity contribution in [3.63, 3.8) is 0 Å². The molecule has 0 N–H and O–H groups in total. The minimum absolute atomic E-state index is 0.251. The highest BCUT2D eigenvalue weighted by atomic mass is 28.1. The van der Waals surface area contributed by atoms with Crippen LogP contribution in [0.2, 0.25) is 0 Å². The summed E-state index contributed by atoms with van der Waals surface area (Å²) in [7, 11) is 2.40. The Balaban J connectivity index is 1.83. The van der Waals surface area contributed by atoms with Crippen molar-refractivity contribution >= 4 is 38.5 Å². The van der Waals surface area contributed by atoms with E-state index >= 15 is 0 Å². The third-order valence-corrected chi connectivity index (χ3v) is 3.83. The van der Waals surface area contributed by atoms with Crippen LogP contribution in [0.5, 0.6) is 11.5 Å². The van der Waals surface area contributed by atoms with E-state index in [-0.39, 0.29) is 7.69 Å². The maximum Gasteiger partial charge on any atom is 0.576 e. The summed E-state index contributed by atoms with van der Waals surface area (Å²) in [5.74, 6) is 1.70. The predicted octanol–water partition coefficient (Wildman–Crippen LogP) is -1.61. The van der Waals surface area contributed by atoms with Gasteiger partial charge in [-0.05, 0) is 24.3 Å². The van der Waals surface area contributed by atoms with Gasteiger partial charge >= 0.3 is 7.69 Å². The highest BCUT2D eigenvalue weighted by Crippen LogP contribution is 2.09. The van der Waals surface area contributed by atoms with Gasteiger partial charge in [0.15, 0.2) is 0 Å². The fourth-order valence-electron chi connectivity index (χ4n) is 1.43. The van der Waals surface area contributed by atoms with Crippen molar-refractivity contribution in [3.05, 3.63) is 48.5 Å². The number of rotatable bonds is 4. The highest BCUT2D eigenvalue weighted by Gasteiger charge is 1.98. The average molecular weight is 258 g/mol. The van der Waals surface area contributed by atoms with E-state index in [0.29, 0.717) is 0 Å². The smallest absolute Gasteiger partial charge is 0.529 e. The Kier molecular flexibility index (Phi) is 4.06. The van der Waals surface area contributed by atoms with Gasteiger partial charge in [-0.2, -0.15) is 0 Å². The van der Waals surface area contributed by atoms with Gasteiger partial charge in [-0.15, -0.1) is 0 Å². The molecule has 0 atom stereocenters. The molecule has 2 aromatic carbocycles. The van der Waals surface area contributed by atoms with Crippen molar-refractivity contribution in [2.75, 3.05) is 0 Å². The van der Waals surface area contributed by atoms with E-state index in [1.165, 1.54) is 10.4 Å². The molecule has 0 aliphatic heterocycles. The van der Waals surface area contributed by atoms with Crippen LogP contribution in [0, 0.1) is 0 Å². The lowest BCUT2D eigenvalue weighted by Crippen LogP contribution is -2.12. The second-order valence-corrected chi connectivity index (χ2v) is 6.34. The molecule has 0 spiro atoms. The number of hydrogen-bond donors (Lipinski definition) is 0. The summed E-state index contributed by atoms with van der Waals surface area (Å²) in [5, 5.41) is 2.72. The average Bonchev–Trinajstić information content (AvgIpc) is 2.34. The Morgan fingerprint density at radius 3 is 1.35 bits per heavy atom. The van der Waals surface area contributed by atoms with E-state index < -0.39 is 0 Å². The van der Waals surface area contributed by atoms with Crippen LogP contribution in [0.25, 0.3) is 0 Å². The van der Waals surface area contributed by atoms with Gasteiger partial charge in [0.05, 0.1) is 0 Å². The van der Waals surface area contributed by atoms with Crippen LogP contribution in [-0.2, 0) is 0 Å². The maximum atomic E-state index is 5.50. The summed E-state index contributed by atoms with van der Waals surface area (Å²) in [6.45, 7) is 0. The summed E-state index contributed by atoms with van der Waals surface area (Å²) >= 11 is 0. The monoisotopic (exact) mass is 258 g/mol. The molecule has 86 valence electrons. The van der Waals surface area contributed by atoms with Crippen LogP contribution >= 0.6 is 0 Å². The minimum Gasteiger partial charge on any atom is -0.529 e. The predicted molar refractivity (Wildman–Crippen MR) is 80.4 cm³/mol. The molecule has 17 heavy (non-hydrogen) atoms. The molecule has 0 heterocycles. The zero-order chi connectivity index (χ0) is 12.1. The van der Waals surface area contributed by atoms with Crippen molar-refractivity contribution < 1.29 is 9.31 Å². The Hall–Kier alpha value is -1.46. The van der Waals surface area contributed by atoms with Gasteiger partial charge in [0, 0.05) is 20.5 Å². The van der Waals surface area contributed by atoms with E-state index in [2.05, 4.69) is 24.3 Å². The highest BCUT2D eigenvalue weighted by molar-refractivity contribution is 6.32. The zero-order valence-electron chi connectivity index (χ0n) is 10.1. The summed E-state index contributed by atoms with van der Waals surface area (Å²) in [6.07, 6.45) is 0. The largest absolute Gasteiger partial charge is 0.576 e. The lowest BCUT2D eigenvalue weighted by atomic mass is 10.3. The molecule has 5 heteroatoms. The van der Waals surface area contributed by atoms with Gasteiger partial charge in [-0.25, -0.2) is 0 Å². The molecule has 0 amide bonds. The van der Waals surface area contributed by atoms with E-state index in [1.54, 1.807) is 0 Å². The Bertz CT molecular complexity index is 425. The third-order valence-electron chi connectivity index (χ3n) is 2.49. The maximum absolute atomic E-state index is 5.50. The van der Waals surface area contributed by atoms with Crippen molar-refractivity contribution in [3.8, 4) is 11.5 Å². The van der Waals surface area contributed by atoms with Crippen LogP contribution in [0.1, 0.15) is 0 Å². The minimum atomic E-state index is 0.251. The van der Waals surface area contributed by atoms with Crippen LogP contribution in [-0.4, -0.2) is 28.2 Å². The van der Waals surface area contributed by atoms with E-state index in [4.69, 9.17) is 9.31 Å². The zero-order valence-corrected chi connectivity index (χ0v) is 14.1. The molecule has 0 bridgehead atoms. The van der Waals surface area contributed by atoms with Gasteiger partial charge < -0.3 is 9.31 Å². The Labute approximate surface area is 108 Å². The van der Waals surface area contributed by atoms with Gasteiger partial charge in [0.25, 0.3) is 0 Å². The van der Waals surface area contributed by atoms with E-state index in [1.807, 2.05) is 24.3 Å². The van der Waals surface area contributed by atoms with Crippen LogP contribution in [0.15, 0.2) is 48.5 Å². The summed E-state index contributed by atoms with van der Waals surface area (Å²) in [6, 6.07) is 16.2. The van der Waals surface area contributed by atoms with E-state index in [9.17, 15) is 0 Å². The molecule has 0 aliphatic rings. The van der Waals surface area contributed by atoms with Crippen LogP contribution in [0.4, 0.5) is 0 Å². The first-order chi connectivity index (χ1) is 8.24. The molecule has 0 saturated heterocycles. The molecule has 2 aromatic rings. The summed E-state index contributed by atoms with van der Waals surface area (Å²) in [5.41, 5.74) is 0. The molecular formula is C12H15BO2Si2. The lowest BCUT2D eigenvalue weighted by molar-refractivity contribution is 0.459. The molecule has 0 fully saturated rings. The molecule has 0 unspecified atom stereocenters. The van der Waals surface area contributed by atoms with Crippen molar-refractivity contribution in [2.24, 2.45) is 0 Å². The van der Waals surface area contributed by atoms with Crippen LogP contribution in [0.3, 0.4) is 0 Å². The number of hydrogen-bond acceptors (Lipinski definition) is 2. The number of benzene rings is 2. The summed E-state index contributed by atoms with van der Waals surface area (Å²) in [4.78, 5) is 0. The third kappa shape index (κ3) is 3.80. The molecule has 0 aromatic heterocycles. The SMILES string of the molecule is [SiH3]c1ccc(OBOc2ccc([SiH3])cc2)cc1. The molecule has 0 radical (unpaired) electrons. The van der Waals surface area contributed by atoms with Crippen molar-refractivity contribution in [1.29, 1.82) is 0 Å². The Morgan fingerprint density at radius 1 is 0.647 bits per heavy atom. The first-order valence-electron chi connectivity index (χ1n) is 5.63. The molecular weight excluding hydrogens is 243 g/mol. The van der Waals surface area contributed by atoms with Crippen molar-refractivity contribution in [1.82, 2.24) is 0 Å². The quantitative estimate of drug-likeness (QED) is 0.615. The molecule has 2 nitrogen and oxygen atoms in total. The standard InChI is InChI=1S/C12H15BO2Si2/c16-11-5-1-9(2-6-11)14-13-15-10-3-7-12(17)8-4-10/h1-8,13H,16-17H3. The molecule has 0 saturated carbocycles. The molecule has 0 aliphatic carbocycles. The lowest BCUT2D eigenvalue weighted by Gasteiger charge is -2.07. The summed E-state index contributed by atoms with van der Waals surface area (Å²) < 4.78 is 11.0. The fraction of sp³-hybridized carbons (Fsp3) is 0. The first-order valence-corrected chi connectivity index (χ1v) is 7.63. The van der Waals surface area contributed by atoms with Gasteiger partial charge in [-0.3, -0.25) is 0 Å². The van der Waals surface area contributed by atoms with Gasteiger partial charge in [0.2, 0.25) is 0 Å². The van der Waals surface area contributed by atoms with Gasteiger partial charge in [-0.1, -0.05) is 34.6 Å². The molecule has 2 rings (SSSR count). The first kappa shape index (κ1) is 12.0. The van der Waals surface area contributed by atoms with Gasteiger partial charge in [0.1, 0.15) is 11.5 Å². The van der Waals surface area contributed by atoms with Crippen molar-refractivity contribution in [2.45, 2.75) is 0 Å². The second kappa shape index (κ2) is 5.74. The van der Waals surface area contributed by atoms with Crippen LogP contribution < -0.4 is 19.7 Å². The second-order valence-electron chi connectivity index (χ2n) is 4.03. The fourth-order valence-corrected chi connectivity index (χ4v) is 2.10. The normalized spacial score (nSPS) is 10.1. The Morgan fingerprint density at radius 2 is 1.00 bits per heavy atom. The van der Waals surface area contributed by atoms with E-state index in [0.717, 1.165) is 32.0 Å².